The van der Waals surface area contributed by atoms with Gasteiger partial charge in [0.2, 0.25) is 5.91 Å². The first kappa shape index (κ1) is 17.9. The number of carbonyl (C=O) groups excluding carboxylic acids is 2. The highest BCUT2D eigenvalue weighted by Crippen LogP contribution is 2.32. The van der Waals surface area contributed by atoms with Gasteiger partial charge in [-0.05, 0) is 38.8 Å². The second-order valence-electron chi connectivity index (χ2n) is 6.81. The predicted molar refractivity (Wildman–Crippen MR) is 92.4 cm³/mol. The van der Waals surface area contributed by atoms with Crippen molar-refractivity contribution in [2.24, 2.45) is 0 Å². The summed E-state index contributed by atoms with van der Waals surface area (Å²) in [5, 5.41) is 6.01. The molecule has 3 heterocycles. The van der Waals surface area contributed by atoms with Crippen LogP contribution >= 0.6 is 0 Å². The number of imidazole rings is 1. The fraction of sp³-hybridized carbons (Fsp3) is 0.706. The van der Waals surface area contributed by atoms with Crippen molar-refractivity contribution in [2.45, 2.75) is 37.1 Å². The molecule has 3 rings (SSSR count). The van der Waals surface area contributed by atoms with Crippen molar-refractivity contribution in [2.75, 3.05) is 40.4 Å². The van der Waals surface area contributed by atoms with Crippen LogP contribution in [0.5, 0.6) is 0 Å². The number of piperidine rings is 1. The summed E-state index contributed by atoms with van der Waals surface area (Å²) in [4.78, 5) is 34.8. The highest BCUT2D eigenvalue weighted by molar-refractivity contribution is 5.98. The Morgan fingerprint density at radius 2 is 2.20 bits per heavy atom. The number of nitrogens with zero attached hydrogens (tertiary/aromatic N) is 2. The second-order valence-corrected chi connectivity index (χ2v) is 6.81. The van der Waals surface area contributed by atoms with Crippen LogP contribution < -0.4 is 10.6 Å². The van der Waals surface area contributed by atoms with Crippen LogP contribution in [0.15, 0.2) is 6.20 Å². The molecule has 25 heavy (non-hydrogen) atoms. The summed E-state index contributed by atoms with van der Waals surface area (Å²) >= 11 is 0. The average molecular weight is 349 g/mol. The van der Waals surface area contributed by atoms with Crippen molar-refractivity contribution in [3.05, 3.63) is 17.7 Å². The SMILES string of the molecule is CNC(=O)C1(COC)CCCN1C(=O)c1cnc(C2CCNCC2)[nH]1. The highest BCUT2D eigenvalue weighted by atomic mass is 16.5. The molecule has 2 saturated heterocycles. The van der Waals surface area contributed by atoms with Crippen molar-refractivity contribution in [3.8, 4) is 0 Å². The van der Waals surface area contributed by atoms with Crippen LogP contribution in [0.2, 0.25) is 0 Å². The Bertz CT molecular complexity index is 626. The number of hydrogen-bond acceptors (Lipinski definition) is 5. The van der Waals surface area contributed by atoms with Crippen LogP contribution in [0.4, 0.5) is 0 Å². The van der Waals surface area contributed by atoms with Crippen LogP contribution in [0.25, 0.3) is 0 Å². The average Bonchev–Trinajstić information content (AvgIpc) is 3.29. The standard InChI is InChI=1S/C17H27N5O3/c1-18-16(24)17(11-25-2)6-3-9-22(17)15(23)13-10-20-14(21-13)12-4-7-19-8-5-12/h10,12,19H,3-9,11H2,1-2H3,(H,18,24)(H,20,21). The number of rotatable bonds is 5. The van der Waals surface area contributed by atoms with Crippen molar-refractivity contribution in [1.29, 1.82) is 0 Å². The normalized spacial score (nSPS) is 24.5. The molecule has 2 aliphatic rings. The van der Waals surface area contributed by atoms with Gasteiger partial charge in [-0.25, -0.2) is 4.98 Å². The van der Waals surface area contributed by atoms with Gasteiger partial charge in [0.1, 0.15) is 17.1 Å². The van der Waals surface area contributed by atoms with E-state index in [1.807, 2.05) is 0 Å². The minimum absolute atomic E-state index is 0.182. The number of ether oxygens (including phenoxy) is 1. The molecule has 2 aliphatic heterocycles. The Morgan fingerprint density at radius 3 is 2.88 bits per heavy atom. The quantitative estimate of drug-likeness (QED) is 0.707. The number of amides is 2. The van der Waals surface area contributed by atoms with Crippen LogP contribution in [0.3, 0.4) is 0 Å². The number of aromatic nitrogens is 2. The molecule has 0 spiro atoms. The van der Waals surface area contributed by atoms with Gasteiger partial charge in [-0.3, -0.25) is 9.59 Å². The first-order valence-electron chi connectivity index (χ1n) is 8.91. The minimum atomic E-state index is -0.944. The van der Waals surface area contributed by atoms with Gasteiger partial charge in [0.25, 0.3) is 5.91 Å². The van der Waals surface area contributed by atoms with Crippen LogP contribution in [0.1, 0.15) is 47.9 Å². The van der Waals surface area contributed by atoms with E-state index >= 15 is 0 Å². The maximum atomic E-state index is 13.1. The lowest BCUT2D eigenvalue weighted by Gasteiger charge is -2.35. The molecule has 0 radical (unpaired) electrons. The van der Waals surface area contributed by atoms with Crippen molar-refractivity contribution < 1.29 is 14.3 Å². The molecule has 138 valence electrons. The lowest BCUT2D eigenvalue weighted by Crippen LogP contribution is -2.59. The van der Waals surface area contributed by atoms with Crippen molar-refractivity contribution in [3.63, 3.8) is 0 Å². The fourth-order valence-electron chi connectivity index (χ4n) is 3.99. The topological polar surface area (TPSA) is 99.3 Å². The molecule has 1 atom stereocenters. The first-order chi connectivity index (χ1) is 12.1. The Balaban J connectivity index is 1.81. The van der Waals surface area contributed by atoms with E-state index in [2.05, 4.69) is 20.6 Å². The van der Waals surface area contributed by atoms with Crippen molar-refractivity contribution in [1.82, 2.24) is 25.5 Å². The Labute approximate surface area is 147 Å². The fourth-order valence-corrected chi connectivity index (χ4v) is 3.99. The maximum absolute atomic E-state index is 13.1. The summed E-state index contributed by atoms with van der Waals surface area (Å²) in [5.41, 5.74) is -0.500. The molecule has 0 aliphatic carbocycles. The lowest BCUT2D eigenvalue weighted by atomic mass is 9.95. The number of methoxy groups -OCH3 is 1. The van der Waals surface area contributed by atoms with Gasteiger partial charge < -0.3 is 25.3 Å². The van der Waals surface area contributed by atoms with Gasteiger partial charge in [-0.2, -0.15) is 0 Å². The minimum Gasteiger partial charge on any atom is -0.382 e. The summed E-state index contributed by atoms with van der Waals surface area (Å²) in [6.07, 6.45) is 4.99. The summed E-state index contributed by atoms with van der Waals surface area (Å²) in [5.74, 6) is 0.842. The lowest BCUT2D eigenvalue weighted by molar-refractivity contribution is -0.133. The second kappa shape index (κ2) is 7.53. The summed E-state index contributed by atoms with van der Waals surface area (Å²) in [6, 6.07) is 0. The molecule has 1 aromatic heterocycles. The zero-order valence-corrected chi connectivity index (χ0v) is 14.9. The molecule has 0 saturated carbocycles. The van der Waals surface area contributed by atoms with E-state index in [-0.39, 0.29) is 18.4 Å². The number of likely N-dealkylation sites (tertiary alicyclic amines) is 1. The van der Waals surface area contributed by atoms with E-state index in [9.17, 15) is 9.59 Å². The smallest absolute Gasteiger partial charge is 0.272 e. The predicted octanol–water partition coefficient (Wildman–Crippen LogP) is 0.244. The zero-order chi connectivity index (χ0) is 17.9. The van der Waals surface area contributed by atoms with E-state index in [1.165, 1.54) is 0 Å². The van der Waals surface area contributed by atoms with Gasteiger partial charge in [-0.15, -0.1) is 0 Å². The molecular formula is C17H27N5O3. The van der Waals surface area contributed by atoms with Gasteiger partial charge in [0, 0.05) is 26.6 Å². The third-order valence-corrected chi connectivity index (χ3v) is 5.32. The largest absolute Gasteiger partial charge is 0.382 e. The highest BCUT2D eigenvalue weighted by Gasteiger charge is 2.50. The molecule has 0 bridgehead atoms. The number of nitrogens with one attached hydrogen (secondary N) is 3. The molecular weight excluding hydrogens is 322 g/mol. The van der Waals surface area contributed by atoms with E-state index in [0.717, 1.165) is 38.2 Å². The van der Waals surface area contributed by atoms with Gasteiger partial charge in [-0.1, -0.05) is 0 Å². The van der Waals surface area contributed by atoms with Gasteiger partial charge in [0.15, 0.2) is 0 Å². The molecule has 1 aromatic rings. The number of likely N-dealkylation sites (N-methyl/N-ethyl adjacent to an activating group) is 1. The van der Waals surface area contributed by atoms with Gasteiger partial charge >= 0.3 is 0 Å². The van der Waals surface area contributed by atoms with E-state index in [0.29, 0.717) is 24.6 Å². The monoisotopic (exact) mass is 349 g/mol. The molecule has 2 fully saturated rings. The van der Waals surface area contributed by atoms with Crippen LogP contribution in [0, 0.1) is 0 Å². The maximum Gasteiger partial charge on any atom is 0.272 e. The molecule has 0 aromatic carbocycles. The van der Waals surface area contributed by atoms with Crippen LogP contribution in [-0.2, 0) is 9.53 Å². The number of aromatic amines is 1. The van der Waals surface area contributed by atoms with Gasteiger partial charge in [0.05, 0.1) is 12.8 Å². The van der Waals surface area contributed by atoms with E-state index in [1.54, 1.807) is 25.3 Å². The summed E-state index contributed by atoms with van der Waals surface area (Å²) in [6.45, 7) is 2.66. The Kier molecular flexibility index (Phi) is 5.39. The Hall–Kier alpha value is -1.93. The Morgan fingerprint density at radius 1 is 1.44 bits per heavy atom. The summed E-state index contributed by atoms with van der Waals surface area (Å²) in [7, 11) is 3.14. The number of carbonyl (C=O) groups is 2. The molecule has 2 amide bonds. The molecule has 8 nitrogen and oxygen atoms in total. The van der Waals surface area contributed by atoms with E-state index < -0.39 is 5.54 Å². The van der Waals surface area contributed by atoms with E-state index in [4.69, 9.17) is 4.74 Å². The third kappa shape index (κ3) is 3.28. The van der Waals surface area contributed by atoms with Crippen LogP contribution in [-0.4, -0.2) is 72.6 Å². The molecule has 3 N–H and O–H groups in total. The first-order valence-corrected chi connectivity index (χ1v) is 8.91. The number of hydrogen-bond donors (Lipinski definition) is 3. The third-order valence-electron chi connectivity index (χ3n) is 5.32. The number of H-pyrrole nitrogens is 1. The van der Waals surface area contributed by atoms with Crippen molar-refractivity contribution >= 4 is 11.8 Å². The zero-order valence-electron chi connectivity index (χ0n) is 14.9. The molecule has 1 unspecified atom stereocenters. The molecule has 8 heteroatoms. The summed E-state index contributed by atoms with van der Waals surface area (Å²) < 4.78 is 5.28.